The van der Waals surface area contributed by atoms with E-state index in [0.29, 0.717) is 6.04 Å². The Morgan fingerprint density at radius 1 is 1.47 bits per heavy atom. The van der Waals surface area contributed by atoms with E-state index < -0.39 is 0 Å². The molecule has 1 heterocycles. The molecule has 0 spiro atoms. The summed E-state index contributed by atoms with van der Waals surface area (Å²) in [6.07, 6.45) is 3.43. The first kappa shape index (κ1) is 10.3. The van der Waals surface area contributed by atoms with Crippen molar-refractivity contribution in [1.82, 2.24) is 0 Å². The zero-order valence-electron chi connectivity index (χ0n) is 9.55. The number of nitrogens with one attached hydrogen (secondary N) is 1. The van der Waals surface area contributed by atoms with Gasteiger partial charge in [-0.3, -0.25) is 0 Å². The lowest BCUT2D eigenvalue weighted by molar-refractivity contribution is 0.288. The van der Waals surface area contributed by atoms with Crippen LogP contribution in [0.2, 0.25) is 0 Å². The summed E-state index contributed by atoms with van der Waals surface area (Å²) in [5.74, 6) is 1.07. The van der Waals surface area contributed by atoms with Gasteiger partial charge in [0.05, 0.1) is 6.61 Å². The monoisotopic (exact) mass is 205 g/mol. The average Bonchev–Trinajstić information content (AvgIpc) is 2.29. The van der Waals surface area contributed by atoms with Crippen LogP contribution in [0, 0.1) is 0 Å². The second kappa shape index (κ2) is 4.56. The first-order valence-electron chi connectivity index (χ1n) is 5.82. The normalized spacial score (nSPS) is 16.4. The van der Waals surface area contributed by atoms with Crippen LogP contribution in [0.5, 0.6) is 5.75 Å². The van der Waals surface area contributed by atoms with Crippen molar-refractivity contribution in [1.29, 1.82) is 0 Å². The fourth-order valence-electron chi connectivity index (χ4n) is 1.84. The molecule has 15 heavy (non-hydrogen) atoms. The van der Waals surface area contributed by atoms with Gasteiger partial charge in [-0.05, 0) is 49.9 Å². The highest BCUT2D eigenvalue weighted by Crippen LogP contribution is 2.27. The summed E-state index contributed by atoms with van der Waals surface area (Å²) in [6.45, 7) is 5.26. The molecule has 1 atom stereocenters. The number of hydrogen-bond acceptors (Lipinski definition) is 2. The van der Waals surface area contributed by atoms with Gasteiger partial charge >= 0.3 is 0 Å². The molecule has 82 valence electrons. The molecule has 1 N–H and O–H groups in total. The number of ether oxygens (including phenoxy) is 1. The van der Waals surface area contributed by atoms with Gasteiger partial charge in [0, 0.05) is 11.7 Å². The highest BCUT2D eigenvalue weighted by molar-refractivity contribution is 5.52. The van der Waals surface area contributed by atoms with Gasteiger partial charge in [0.15, 0.2) is 0 Å². The molecule has 0 aromatic heterocycles. The van der Waals surface area contributed by atoms with E-state index in [9.17, 15) is 0 Å². The molecule has 1 unspecified atom stereocenters. The van der Waals surface area contributed by atoms with Gasteiger partial charge < -0.3 is 10.1 Å². The van der Waals surface area contributed by atoms with E-state index in [0.717, 1.165) is 31.6 Å². The number of rotatable bonds is 3. The van der Waals surface area contributed by atoms with Crippen molar-refractivity contribution in [3.8, 4) is 5.75 Å². The SMILES string of the molecule is CCC(C)Nc1ccc2c(c1)CCCO2. The summed E-state index contributed by atoms with van der Waals surface area (Å²) in [5, 5.41) is 3.49. The molecule has 2 rings (SSSR count). The third kappa shape index (κ3) is 2.44. The standard InChI is InChI=1S/C13H19NO/c1-3-10(2)14-12-6-7-13-11(9-12)5-4-8-15-13/h6-7,9-10,14H,3-5,8H2,1-2H3. The van der Waals surface area contributed by atoms with Gasteiger partial charge in [-0.2, -0.15) is 0 Å². The van der Waals surface area contributed by atoms with E-state index in [-0.39, 0.29) is 0 Å². The Balaban J connectivity index is 2.13. The molecule has 1 aromatic carbocycles. The van der Waals surface area contributed by atoms with Gasteiger partial charge in [-0.1, -0.05) is 6.92 Å². The van der Waals surface area contributed by atoms with Crippen LogP contribution in [0.4, 0.5) is 5.69 Å². The van der Waals surface area contributed by atoms with Crippen LogP contribution in [0.3, 0.4) is 0 Å². The van der Waals surface area contributed by atoms with Gasteiger partial charge in [0.2, 0.25) is 0 Å². The lowest BCUT2D eigenvalue weighted by Crippen LogP contribution is -2.14. The summed E-state index contributed by atoms with van der Waals surface area (Å²) in [7, 11) is 0. The van der Waals surface area contributed by atoms with Crippen molar-refractivity contribution < 1.29 is 4.74 Å². The highest BCUT2D eigenvalue weighted by atomic mass is 16.5. The number of aryl methyl sites for hydroxylation is 1. The molecule has 0 aliphatic carbocycles. The molecule has 0 saturated carbocycles. The maximum absolute atomic E-state index is 5.58. The average molecular weight is 205 g/mol. The van der Waals surface area contributed by atoms with Crippen molar-refractivity contribution in [2.24, 2.45) is 0 Å². The first-order valence-corrected chi connectivity index (χ1v) is 5.82. The molecule has 1 aliphatic rings. The van der Waals surface area contributed by atoms with E-state index in [4.69, 9.17) is 4.74 Å². The minimum atomic E-state index is 0.535. The molecule has 2 heteroatoms. The quantitative estimate of drug-likeness (QED) is 0.818. The molecule has 1 aromatic rings. The Hall–Kier alpha value is -1.18. The fourth-order valence-corrected chi connectivity index (χ4v) is 1.84. The van der Waals surface area contributed by atoms with Crippen LogP contribution in [-0.4, -0.2) is 12.6 Å². The maximum Gasteiger partial charge on any atom is 0.122 e. The van der Waals surface area contributed by atoms with E-state index in [1.54, 1.807) is 0 Å². The van der Waals surface area contributed by atoms with Crippen molar-refractivity contribution in [2.45, 2.75) is 39.2 Å². The number of anilines is 1. The Labute approximate surface area is 91.6 Å². The molecule has 0 bridgehead atoms. The van der Waals surface area contributed by atoms with E-state index in [1.165, 1.54) is 11.3 Å². The van der Waals surface area contributed by atoms with Crippen molar-refractivity contribution >= 4 is 5.69 Å². The van der Waals surface area contributed by atoms with Gasteiger partial charge in [0.1, 0.15) is 5.75 Å². The Morgan fingerprint density at radius 3 is 3.13 bits per heavy atom. The molecule has 0 radical (unpaired) electrons. The number of fused-ring (bicyclic) bond motifs is 1. The highest BCUT2D eigenvalue weighted by Gasteiger charge is 2.10. The van der Waals surface area contributed by atoms with Crippen LogP contribution in [-0.2, 0) is 6.42 Å². The topological polar surface area (TPSA) is 21.3 Å². The fraction of sp³-hybridized carbons (Fsp3) is 0.538. The van der Waals surface area contributed by atoms with Crippen molar-refractivity contribution in [2.75, 3.05) is 11.9 Å². The number of hydrogen-bond donors (Lipinski definition) is 1. The summed E-state index contributed by atoms with van der Waals surface area (Å²) >= 11 is 0. The molecule has 0 saturated heterocycles. The van der Waals surface area contributed by atoms with Gasteiger partial charge in [-0.25, -0.2) is 0 Å². The van der Waals surface area contributed by atoms with Crippen LogP contribution in [0.25, 0.3) is 0 Å². The van der Waals surface area contributed by atoms with Gasteiger partial charge in [-0.15, -0.1) is 0 Å². The zero-order valence-corrected chi connectivity index (χ0v) is 9.55. The van der Waals surface area contributed by atoms with E-state index >= 15 is 0 Å². The summed E-state index contributed by atoms with van der Waals surface area (Å²) < 4.78 is 5.58. The van der Waals surface area contributed by atoms with Crippen molar-refractivity contribution in [3.05, 3.63) is 23.8 Å². The Bertz CT molecular complexity index is 335. The maximum atomic E-state index is 5.58. The third-order valence-electron chi connectivity index (χ3n) is 2.93. The van der Waals surface area contributed by atoms with Crippen LogP contribution in [0.1, 0.15) is 32.3 Å². The Morgan fingerprint density at radius 2 is 2.33 bits per heavy atom. The second-order valence-electron chi connectivity index (χ2n) is 4.23. The van der Waals surface area contributed by atoms with Crippen LogP contribution in [0.15, 0.2) is 18.2 Å². The predicted octanol–water partition coefficient (Wildman–Crippen LogP) is 3.22. The first-order chi connectivity index (χ1) is 7.29. The molecule has 1 aliphatic heterocycles. The van der Waals surface area contributed by atoms with Crippen LogP contribution >= 0.6 is 0 Å². The van der Waals surface area contributed by atoms with Crippen LogP contribution < -0.4 is 10.1 Å². The van der Waals surface area contributed by atoms with E-state index in [2.05, 4.69) is 37.4 Å². The predicted molar refractivity (Wildman–Crippen MR) is 63.6 cm³/mol. The lowest BCUT2D eigenvalue weighted by atomic mass is 10.1. The Kier molecular flexibility index (Phi) is 3.14. The van der Waals surface area contributed by atoms with E-state index in [1.807, 2.05) is 0 Å². The number of benzene rings is 1. The third-order valence-corrected chi connectivity index (χ3v) is 2.93. The smallest absolute Gasteiger partial charge is 0.122 e. The summed E-state index contributed by atoms with van der Waals surface area (Å²) in [5.41, 5.74) is 2.56. The zero-order chi connectivity index (χ0) is 10.7. The molecule has 0 amide bonds. The van der Waals surface area contributed by atoms with Gasteiger partial charge in [0.25, 0.3) is 0 Å². The lowest BCUT2D eigenvalue weighted by Gasteiger charge is -2.19. The molecular weight excluding hydrogens is 186 g/mol. The minimum Gasteiger partial charge on any atom is -0.493 e. The largest absolute Gasteiger partial charge is 0.493 e. The molecule has 2 nitrogen and oxygen atoms in total. The molecular formula is C13H19NO. The van der Waals surface area contributed by atoms with Crippen molar-refractivity contribution in [3.63, 3.8) is 0 Å². The summed E-state index contributed by atoms with van der Waals surface area (Å²) in [6, 6.07) is 6.95. The minimum absolute atomic E-state index is 0.535. The molecule has 0 fully saturated rings. The summed E-state index contributed by atoms with van der Waals surface area (Å²) in [4.78, 5) is 0. The second-order valence-corrected chi connectivity index (χ2v) is 4.23.